The molecule has 0 fully saturated rings. The summed E-state index contributed by atoms with van der Waals surface area (Å²) in [6.07, 6.45) is 7.80. The van der Waals surface area contributed by atoms with Crippen LogP contribution >= 0.6 is 21.6 Å². The molecule has 0 saturated carbocycles. The molecule has 0 aromatic heterocycles. The summed E-state index contributed by atoms with van der Waals surface area (Å²) < 4.78 is 10.5. The van der Waals surface area contributed by atoms with Gasteiger partial charge in [-0.3, -0.25) is 0 Å². The van der Waals surface area contributed by atoms with Crippen molar-refractivity contribution in [1.29, 1.82) is 0 Å². The van der Waals surface area contributed by atoms with E-state index >= 15 is 0 Å². The van der Waals surface area contributed by atoms with E-state index in [0.717, 1.165) is 5.75 Å². The highest BCUT2D eigenvalue weighted by molar-refractivity contribution is 8.76. The third-order valence-corrected chi connectivity index (χ3v) is 3.12. The zero-order valence-electron chi connectivity index (χ0n) is 6.20. The van der Waals surface area contributed by atoms with Gasteiger partial charge < -0.3 is 4.55 Å². The molecule has 0 amide bonds. The minimum Gasteiger partial charge on any atom is -0.616 e. The van der Waals surface area contributed by atoms with Crippen LogP contribution in [-0.4, -0.2) is 28.6 Å². The molecule has 1 unspecified atom stereocenters. The van der Waals surface area contributed by atoms with Crippen molar-refractivity contribution < 1.29 is 4.55 Å². The third kappa shape index (κ3) is 8.75. The molecule has 1 atom stereocenters. The molecule has 0 aromatic carbocycles. The zero-order valence-corrected chi connectivity index (χ0v) is 8.65. The van der Waals surface area contributed by atoms with E-state index in [4.69, 9.17) is 0 Å². The van der Waals surface area contributed by atoms with Crippen molar-refractivity contribution in [3.63, 3.8) is 0 Å². The van der Waals surface area contributed by atoms with Crippen LogP contribution in [-0.2, 0) is 11.2 Å². The minimum atomic E-state index is -0.674. The Hall–Kier alpha value is 0.750. The van der Waals surface area contributed by atoms with E-state index in [1.807, 2.05) is 6.08 Å². The predicted molar refractivity (Wildman–Crippen MR) is 54.0 cm³/mol. The fourth-order valence-electron chi connectivity index (χ4n) is 0.379. The van der Waals surface area contributed by atoms with Crippen molar-refractivity contribution in [2.75, 3.05) is 24.0 Å². The summed E-state index contributed by atoms with van der Waals surface area (Å²) in [5, 5.41) is 0. The maximum atomic E-state index is 10.5. The average molecular weight is 196 g/mol. The Labute approximate surface area is 73.6 Å². The van der Waals surface area contributed by atoms with Gasteiger partial charge in [-0.05, 0) is 12.3 Å². The van der Waals surface area contributed by atoms with Crippen molar-refractivity contribution in [3.8, 4) is 0 Å². The third-order valence-electron chi connectivity index (χ3n) is 0.780. The van der Waals surface area contributed by atoms with Crippen molar-refractivity contribution >= 4 is 32.8 Å². The van der Waals surface area contributed by atoms with E-state index in [1.54, 1.807) is 27.8 Å². The van der Waals surface area contributed by atoms with Crippen LogP contribution in [0.3, 0.4) is 0 Å². The number of hydrogen-bond donors (Lipinski definition) is 0. The van der Waals surface area contributed by atoms with Crippen LogP contribution in [0, 0.1) is 0 Å². The lowest BCUT2D eigenvalue weighted by atomic mass is 10.6. The first-order valence-corrected chi connectivity index (χ1v) is 7.33. The molecule has 0 rings (SSSR count). The summed E-state index contributed by atoms with van der Waals surface area (Å²) in [6, 6.07) is 0. The molecule has 0 saturated heterocycles. The van der Waals surface area contributed by atoms with Crippen LogP contribution in [0.5, 0.6) is 0 Å². The van der Waals surface area contributed by atoms with Crippen LogP contribution in [0.25, 0.3) is 0 Å². The molecule has 0 spiro atoms. The Morgan fingerprint density at radius 2 is 2.20 bits per heavy atom. The molecule has 10 heavy (non-hydrogen) atoms. The predicted octanol–water partition coefficient (Wildman–Crippen LogP) is 1.93. The number of hydrogen-bond acceptors (Lipinski definition) is 3. The van der Waals surface area contributed by atoms with Gasteiger partial charge >= 0.3 is 0 Å². The maximum absolute atomic E-state index is 10.5. The molecule has 1 nitrogen and oxygen atoms in total. The smallest absolute Gasteiger partial charge is 0.123 e. The number of rotatable bonds is 5. The van der Waals surface area contributed by atoms with Gasteiger partial charge in [-0.25, -0.2) is 0 Å². The van der Waals surface area contributed by atoms with E-state index in [1.165, 1.54) is 0 Å². The molecule has 0 N–H and O–H groups in total. The average Bonchev–Trinajstić information content (AvgIpc) is 1.87. The Bertz CT molecular complexity index is 93.0. The maximum Gasteiger partial charge on any atom is 0.123 e. The highest BCUT2D eigenvalue weighted by Gasteiger charge is 1.88. The molecule has 4 heteroatoms. The summed E-state index contributed by atoms with van der Waals surface area (Å²) in [5.74, 6) is 1.70. The molecular weight excluding hydrogens is 184 g/mol. The second-order valence-corrected chi connectivity index (χ2v) is 5.75. The van der Waals surface area contributed by atoms with Crippen LogP contribution < -0.4 is 0 Å². The Morgan fingerprint density at radius 3 is 2.70 bits per heavy atom. The molecule has 60 valence electrons. The topological polar surface area (TPSA) is 23.1 Å². The standard InChI is InChI=1S/C6H12OS3/c1-8-9-5-3-4-6-10(2)7/h3-4H,5-6H2,1-2H3. The zero-order chi connectivity index (χ0) is 7.82. The van der Waals surface area contributed by atoms with Crippen LogP contribution in [0.2, 0.25) is 0 Å². The lowest BCUT2D eigenvalue weighted by Gasteiger charge is -1.98. The Balaban J connectivity index is 3.04. The summed E-state index contributed by atoms with van der Waals surface area (Å²) in [5.41, 5.74) is 0. The van der Waals surface area contributed by atoms with Crippen LogP contribution in [0.15, 0.2) is 12.2 Å². The van der Waals surface area contributed by atoms with Crippen molar-refractivity contribution in [1.82, 2.24) is 0 Å². The van der Waals surface area contributed by atoms with E-state index < -0.39 is 11.2 Å². The van der Waals surface area contributed by atoms with Gasteiger partial charge in [-0.1, -0.05) is 38.8 Å². The lowest BCUT2D eigenvalue weighted by Crippen LogP contribution is -1.99. The van der Waals surface area contributed by atoms with Gasteiger partial charge in [0.25, 0.3) is 0 Å². The summed E-state index contributed by atoms with van der Waals surface area (Å²) in [6.45, 7) is 0. The molecule has 0 radical (unpaired) electrons. The van der Waals surface area contributed by atoms with Crippen molar-refractivity contribution in [2.24, 2.45) is 0 Å². The Kier molecular flexibility index (Phi) is 8.44. The van der Waals surface area contributed by atoms with E-state index in [0.29, 0.717) is 5.75 Å². The van der Waals surface area contributed by atoms with Crippen molar-refractivity contribution in [3.05, 3.63) is 12.2 Å². The van der Waals surface area contributed by atoms with Gasteiger partial charge in [0.05, 0.1) is 6.26 Å². The highest BCUT2D eigenvalue weighted by Crippen LogP contribution is 2.15. The normalized spacial score (nSPS) is 14.3. The van der Waals surface area contributed by atoms with Gasteiger partial charge in [-0.2, -0.15) is 0 Å². The molecule has 0 aliphatic carbocycles. The second-order valence-electron chi connectivity index (χ2n) is 1.66. The molecule has 0 heterocycles. The molecule has 0 aliphatic rings. The lowest BCUT2D eigenvalue weighted by molar-refractivity contribution is 0.603. The fourth-order valence-corrected chi connectivity index (χ4v) is 1.78. The van der Waals surface area contributed by atoms with Crippen LogP contribution in [0.4, 0.5) is 0 Å². The molecule has 0 aromatic rings. The van der Waals surface area contributed by atoms with E-state index in [2.05, 4.69) is 12.3 Å². The first kappa shape index (κ1) is 10.8. The fraction of sp³-hybridized carbons (Fsp3) is 0.667. The Morgan fingerprint density at radius 1 is 1.50 bits per heavy atom. The first-order chi connectivity index (χ1) is 4.77. The van der Waals surface area contributed by atoms with Gasteiger partial charge in [-0.15, -0.1) is 0 Å². The van der Waals surface area contributed by atoms with Gasteiger partial charge in [0.15, 0.2) is 0 Å². The van der Waals surface area contributed by atoms with Crippen molar-refractivity contribution in [2.45, 2.75) is 0 Å². The van der Waals surface area contributed by atoms with Gasteiger partial charge in [0.1, 0.15) is 5.75 Å². The van der Waals surface area contributed by atoms with Gasteiger partial charge in [0, 0.05) is 5.75 Å². The summed E-state index contributed by atoms with van der Waals surface area (Å²) >= 11 is -0.674. The monoisotopic (exact) mass is 196 g/mol. The molecule has 0 bridgehead atoms. The first-order valence-electron chi connectivity index (χ1n) is 2.88. The molecular formula is C6H12OS3. The SMILES string of the molecule is CSSCC=CC[S+](C)[O-]. The van der Waals surface area contributed by atoms with Gasteiger partial charge in [0.2, 0.25) is 0 Å². The van der Waals surface area contributed by atoms with E-state index in [9.17, 15) is 4.55 Å². The highest BCUT2D eigenvalue weighted by atomic mass is 33.1. The summed E-state index contributed by atoms with van der Waals surface area (Å²) in [7, 11) is 3.54. The second kappa shape index (κ2) is 7.85. The minimum absolute atomic E-state index is 0.674. The molecule has 0 aliphatic heterocycles. The largest absolute Gasteiger partial charge is 0.616 e. The van der Waals surface area contributed by atoms with Crippen LogP contribution in [0.1, 0.15) is 0 Å². The quantitative estimate of drug-likeness (QED) is 0.290. The summed E-state index contributed by atoms with van der Waals surface area (Å²) in [4.78, 5) is 0. The van der Waals surface area contributed by atoms with E-state index in [-0.39, 0.29) is 0 Å².